The highest BCUT2D eigenvalue weighted by atomic mass is 35.5. The van der Waals surface area contributed by atoms with E-state index in [9.17, 15) is 9.18 Å². The Morgan fingerprint density at radius 1 is 1.44 bits per heavy atom. The molecular formula is C13H14Cl2FNO. The van der Waals surface area contributed by atoms with Crippen LogP contribution in [0.3, 0.4) is 0 Å². The molecule has 1 aliphatic rings. The number of Topliss-reactive ketones (excluding diaryl/α,β-unsaturated/α-hetero) is 1. The van der Waals surface area contributed by atoms with E-state index in [0.717, 1.165) is 18.9 Å². The maximum absolute atomic E-state index is 13.3. The summed E-state index contributed by atoms with van der Waals surface area (Å²) in [4.78, 5) is 12.1. The molecule has 1 unspecified atom stereocenters. The van der Waals surface area contributed by atoms with Gasteiger partial charge in [0.15, 0.2) is 5.78 Å². The van der Waals surface area contributed by atoms with Crippen LogP contribution < -0.4 is 5.32 Å². The lowest BCUT2D eigenvalue weighted by atomic mass is 9.99. The zero-order valence-corrected chi connectivity index (χ0v) is 11.5. The van der Waals surface area contributed by atoms with Crippen molar-refractivity contribution in [2.24, 2.45) is 5.92 Å². The summed E-state index contributed by atoms with van der Waals surface area (Å²) in [7, 11) is 0. The highest BCUT2D eigenvalue weighted by molar-refractivity contribution is 6.37. The van der Waals surface area contributed by atoms with E-state index in [1.54, 1.807) is 6.92 Å². The van der Waals surface area contributed by atoms with Gasteiger partial charge in [0.2, 0.25) is 0 Å². The van der Waals surface area contributed by atoms with Gasteiger partial charge in [0.1, 0.15) is 5.82 Å². The van der Waals surface area contributed by atoms with Crippen molar-refractivity contribution in [3.05, 3.63) is 33.6 Å². The van der Waals surface area contributed by atoms with Gasteiger partial charge < -0.3 is 5.32 Å². The molecule has 2 rings (SSSR count). The molecule has 0 heterocycles. The molecule has 98 valence electrons. The van der Waals surface area contributed by atoms with Crippen molar-refractivity contribution in [1.29, 1.82) is 0 Å². The summed E-state index contributed by atoms with van der Waals surface area (Å²) in [6, 6.07) is 2.92. The first-order valence-corrected chi connectivity index (χ1v) is 6.66. The number of hydrogen-bond donors (Lipinski definition) is 1. The molecule has 0 bridgehead atoms. The molecule has 1 N–H and O–H groups in total. The molecule has 1 saturated carbocycles. The van der Waals surface area contributed by atoms with Crippen molar-refractivity contribution in [1.82, 2.24) is 5.32 Å². The molecule has 0 saturated heterocycles. The van der Waals surface area contributed by atoms with Crippen LogP contribution in [0.4, 0.5) is 4.39 Å². The number of halogens is 3. The average Bonchev–Trinajstić information content (AvgIpc) is 3.14. The maximum Gasteiger partial charge on any atom is 0.168 e. The molecule has 1 aliphatic carbocycles. The lowest BCUT2D eigenvalue weighted by Gasteiger charge is -2.12. The molecule has 1 atom stereocenters. The molecule has 1 aromatic rings. The van der Waals surface area contributed by atoms with Gasteiger partial charge in [-0.3, -0.25) is 4.79 Å². The molecular weight excluding hydrogens is 276 g/mol. The van der Waals surface area contributed by atoms with Crippen LogP contribution in [0.25, 0.3) is 0 Å². The lowest BCUT2D eigenvalue weighted by molar-refractivity contribution is 0.0928. The smallest absolute Gasteiger partial charge is 0.168 e. The van der Waals surface area contributed by atoms with Crippen molar-refractivity contribution in [2.75, 3.05) is 6.54 Å². The predicted molar refractivity (Wildman–Crippen MR) is 70.9 cm³/mol. The molecule has 2 nitrogen and oxygen atoms in total. The molecule has 0 aliphatic heterocycles. The summed E-state index contributed by atoms with van der Waals surface area (Å²) >= 11 is 11.5. The maximum atomic E-state index is 13.3. The second-order valence-corrected chi connectivity index (χ2v) is 5.51. The fourth-order valence-corrected chi connectivity index (χ4v) is 2.18. The normalized spacial score (nSPS) is 16.7. The summed E-state index contributed by atoms with van der Waals surface area (Å²) in [5.41, 5.74) is 0.198. The van der Waals surface area contributed by atoms with Crippen LogP contribution in [0.1, 0.15) is 30.1 Å². The molecule has 1 aromatic carbocycles. The molecule has 1 fully saturated rings. The van der Waals surface area contributed by atoms with Crippen LogP contribution in [-0.2, 0) is 0 Å². The minimum atomic E-state index is -0.619. The number of rotatable bonds is 5. The highest BCUT2D eigenvalue weighted by Crippen LogP contribution is 2.26. The summed E-state index contributed by atoms with van der Waals surface area (Å²) in [6.07, 6.45) is 2.33. The predicted octanol–water partition coefficient (Wildman–Crippen LogP) is 3.70. The third-order valence-electron chi connectivity index (χ3n) is 3.01. The lowest BCUT2D eigenvalue weighted by Crippen LogP contribution is -2.28. The third kappa shape index (κ3) is 3.22. The summed E-state index contributed by atoms with van der Waals surface area (Å²) in [6.45, 7) is 2.39. The monoisotopic (exact) mass is 289 g/mol. The zero-order chi connectivity index (χ0) is 13.3. The Labute approximate surface area is 115 Å². The number of ketones is 1. The Morgan fingerprint density at radius 3 is 2.72 bits per heavy atom. The molecule has 0 aromatic heterocycles. The fraction of sp³-hybridized carbons (Fsp3) is 0.462. The van der Waals surface area contributed by atoms with Crippen molar-refractivity contribution in [3.8, 4) is 0 Å². The second-order valence-electron chi connectivity index (χ2n) is 4.69. The first-order chi connectivity index (χ1) is 8.49. The van der Waals surface area contributed by atoms with Crippen molar-refractivity contribution in [2.45, 2.75) is 25.8 Å². The van der Waals surface area contributed by atoms with E-state index < -0.39 is 5.82 Å². The molecule has 0 spiro atoms. The first-order valence-electron chi connectivity index (χ1n) is 5.91. The van der Waals surface area contributed by atoms with E-state index in [0.29, 0.717) is 12.6 Å². The number of carbonyl (C=O) groups is 1. The van der Waals surface area contributed by atoms with Gasteiger partial charge in [-0.05, 0) is 25.0 Å². The standard InChI is InChI=1S/C13H14Cl2FNO/c1-7(6-17-8-2-3-8)13(18)9-4-12(16)11(15)5-10(9)14/h4-5,7-8,17H,2-3,6H2,1H3. The quantitative estimate of drug-likeness (QED) is 0.661. The molecule has 0 radical (unpaired) electrons. The van der Waals surface area contributed by atoms with Crippen LogP contribution in [0.2, 0.25) is 10.0 Å². The Balaban J connectivity index is 2.09. The number of nitrogens with one attached hydrogen (secondary N) is 1. The number of benzene rings is 1. The van der Waals surface area contributed by atoms with Crippen LogP contribution in [-0.4, -0.2) is 18.4 Å². The van der Waals surface area contributed by atoms with E-state index in [1.165, 1.54) is 6.07 Å². The van der Waals surface area contributed by atoms with Gasteiger partial charge >= 0.3 is 0 Å². The Kier molecular flexibility index (Phi) is 4.25. The average molecular weight is 290 g/mol. The minimum Gasteiger partial charge on any atom is -0.313 e. The van der Waals surface area contributed by atoms with Crippen LogP contribution >= 0.6 is 23.2 Å². The van der Waals surface area contributed by atoms with E-state index in [-0.39, 0.29) is 27.3 Å². The van der Waals surface area contributed by atoms with Gasteiger partial charge in [0.25, 0.3) is 0 Å². The van der Waals surface area contributed by atoms with Crippen LogP contribution in [0.5, 0.6) is 0 Å². The first kappa shape index (κ1) is 13.8. The fourth-order valence-electron chi connectivity index (χ4n) is 1.70. The number of carbonyl (C=O) groups excluding carboxylic acids is 1. The third-order valence-corrected chi connectivity index (χ3v) is 3.62. The largest absolute Gasteiger partial charge is 0.313 e. The summed E-state index contributed by atoms with van der Waals surface area (Å²) in [5.74, 6) is -1.01. The van der Waals surface area contributed by atoms with Gasteiger partial charge in [-0.25, -0.2) is 4.39 Å². The second kappa shape index (κ2) is 5.55. The van der Waals surface area contributed by atoms with E-state index in [1.807, 2.05) is 0 Å². The summed E-state index contributed by atoms with van der Waals surface area (Å²) < 4.78 is 13.3. The van der Waals surface area contributed by atoms with E-state index in [4.69, 9.17) is 23.2 Å². The van der Waals surface area contributed by atoms with E-state index >= 15 is 0 Å². The molecule has 5 heteroatoms. The molecule has 0 amide bonds. The van der Waals surface area contributed by atoms with Crippen molar-refractivity contribution >= 4 is 29.0 Å². The Hall–Kier alpha value is -0.640. The summed E-state index contributed by atoms with van der Waals surface area (Å²) in [5, 5.41) is 3.40. The zero-order valence-electron chi connectivity index (χ0n) is 9.97. The Morgan fingerprint density at radius 2 is 2.11 bits per heavy atom. The molecule has 18 heavy (non-hydrogen) atoms. The van der Waals surface area contributed by atoms with Gasteiger partial charge in [-0.1, -0.05) is 30.1 Å². The van der Waals surface area contributed by atoms with Crippen molar-refractivity contribution < 1.29 is 9.18 Å². The van der Waals surface area contributed by atoms with Gasteiger partial charge in [0, 0.05) is 24.1 Å². The van der Waals surface area contributed by atoms with Crippen LogP contribution in [0, 0.1) is 11.7 Å². The van der Waals surface area contributed by atoms with Gasteiger partial charge in [0.05, 0.1) is 10.0 Å². The minimum absolute atomic E-state index is 0.0692. The van der Waals surface area contributed by atoms with Crippen LogP contribution in [0.15, 0.2) is 12.1 Å². The highest BCUT2D eigenvalue weighted by Gasteiger charge is 2.24. The van der Waals surface area contributed by atoms with Gasteiger partial charge in [-0.2, -0.15) is 0 Å². The van der Waals surface area contributed by atoms with Crippen molar-refractivity contribution in [3.63, 3.8) is 0 Å². The Bertz CT molecular complexity index is 474. The number of hydrogen-bond acceptors (Lipinski definition) is 2. The SMILES string of the molecule is CC(CNC1CC1)C(=O)c1cc(F)c(Cl)cc1Cl. The van der Waals surface area contributed by atoms with Gasteiger partial charge in [-0.15, -0.1) is 0 Å². The van der Waals surface area contributed by atoms with E-state index in [2.05, 4.69) is 5.32 Å². The topological polar surface area (TPSA) is 29.1 Å².